The van der Waals surface area contributed by atoms with Crippen LogP contribution in [0.25, 0.3) is 0 Å². The number of carboxylic acids is 1. The fourth-order valence-corrected chi connectivity index (χ4v) is 0.894. The molecule has 62 valence electrons. The Labute approximate surface area is 67.2 Å². The summed E-state index contributed by atoms with van der Waals surface area (Å²) in [4.78, 5) is 10.7. The van der Waals surface area contributed by atoms with Crippen molar-refractivity contribution in [1.29, 1.82) is 0 Å². The third kappa shape index (κ3) is 2.58. The minimum Gasteiger partial charge on any atom is -0.481 e. The van der Waals surface area contributed by atoms with Crippen molar-refractivity contribution in [2.45, 2.75) is 20.3 Å². The SMILES string of the molecule is C=CCC(C)(C=CC)C(=O)O. The largest absolute Gasteiger partial charge is 0.481 e. The van der Waals surface area contributed by atoms with E-state index >= 15 is 0 Å². The number of hydrogen-bond donors (Lipinski definition) is 1. The maximum absolute atomic E-state index is 10.7. The standard InChI is InChI=1S/C9H14O2/c1-4-6-9(3,7-5-2)8(10)11/h4-5,7H,1,6H2,2-3H3,(H,10,11). The van der Waals surface area contributed by atoms with Crippen LogP contribution >= 0.6 is 0 Å². The lowest BCUT2D eigenvalue weighted by Gasteiger charge is -2.17. The van der Waals surface area contributed by atoms with Crippen LogP contribution in [-0.4, -0.2) is 11.1 Å². The van der Waals surface area contributed by atoms with Crippen LogP contribution in [0.15, 0.2) is 24.8 Å². The molecular formula is C9H14O2. The molecule has 0 aliphatic rings. The summed E-state index contributed by atoms with van der Waals surface area (Å²) in [5.41, 5.74) is -0.781. The first kappa shape index (κ1) is 9.95. The molecule has 0 rings (SSSR count). The van der Waals surface area contributed by atoms with E-state index in [1.807, 2.05) is 6.92 Å². The van der Waals surface area contributed by atoms with Crippen LogP contribution in [0.5, 0.6) is 0 Å². The summed E-state index contributed by atoms with van der Waals surface area (Å²) >= 11 is 0. The monoisotopic (exact) mass is 154 g/mol. The summed E-state index contributed by atoms with van der Waals surface area (Å²) in [6.07, 6.45) is 5.51. The average Bonchev–Trinajstić information content (AvgIpc) is 1.88. The van der Waals surface area contributed by atoms with Crippen molar-refractivity contribution in [3.8, 4) is 0 Å². The van der Waals surface area contributed by atoms with Crippen LogP contribution in [0, 0.1) is 5.41 Å². The van der Waals surface area contributed by atoms with Gasteiger partial charge in [-0.05, 0) is 20.3 Å². The highest BCUT2D eigenvalue weighted by molar-refractivity contribution is 5.76. The van der Waals surface area contributed by atoms with Gasteiger partial charge in [-0.1, -0.05) is 18.2 Å². The number of carboxylic acid groups (broad SMARTS) is 1. The Morgan fingerprint density at radius 3 is 2.55 bits per heavy atom. The van der Waals surface area contributed by atoms with Gasteiger partial charge < -0.3 is 5.11 Å². The predicted octanol–water partition coefficient (Wildman–Crippen LogP) is 2.23. The van der Waals surface area contributed by atoms with Crippen LogP contribution < -0.4 is 0 Å². The van der Waals surface area contributed by atoms with Crippen molar-refractivity contribution in [2.75, 3.05) is 0 Å². The number of hydrogen-bond acceptors (Lipinski definition) is 1. The zero-order valence-corrected chi connectivity index (χ0v) is 7.00. The summed E-state index contributed by atoms with van der Waals surface area (Å²) in [5.74, 6) is -0.810. The Morgan fingerprint density at radius 1 is 1.73 bits per heavy atom. The van der Waals surface area contributed by atoms with Gasteiger partial charge >= 0.3 is 5.97 Å². The molecule has 0 amide bonds. The normalized spacial score (nSPS) is 16.2. The molecule has 1 atom stereocenters. The fourth-order valence-electron chi connectivity index (χ4n) is 0.894. The van der Waals surface area contributed by atoms with E-state index < -0.39 is 11.4 Å². The molecule has 0 spiro atoms. The maximum atomic E-state index is 10.7. The summed E-state index contributed by atoms with van der Waals surface area (Å²) < 4.78 is 0. The van der Waals surface area contributed by atoms with Gasteiger partial charge in [0.2, 0.25) is 0 Å². The van der Waals surface area contributed by atoms with Gasteiger partial charge in [0.1, 0.15) is 0 Å². The molecule has 1 N–H and O–H groups in total. The second-order valence-corrected chi connectivity index (χ2v) is 2.72. The molecule has 0 saturated carbocycles. The molecule has 1 unspecified atom stereocenters. The Balaban J connectivity index is 4.50. The summed E-state index contributed by atoms with van der Waals surface area (Å²) in [6.45, 7) is 7.00. The zero-order valence-electron chi connectivity index (χ0n) is 7.00. The molecule has 0 aliphatic carbocycles. The molecule has 2 heteroatoms. The van der Waals surface area contributed by atoms with Crippen molar-refractivity contribution in [2.24, 2.45) is 5.41 Å². The summed E-state index contributed by atoms with van der Waals surface area (Å²) in [5, 5.41) is 8.80. The van der Waals surface area contributed by atoms with Crippen LogP contribution in [0.3, 0.4) is 0 Å². The van der Waals surface area contributed by atoms with Gasteiger partial charge in [-0.2, -0.15) is 0 Å². The van der Waals surface area contributed by atoms with Gasteiger partial charge in [0.05, 0.1) is 5.41 Å². The lowest BCUT2D eigenvalue weighted by molar-refractivity contribution is -0.144. The number of rotatable bonds is 4. The highest BCUT2D eigenvalue weighted by Crippen LogP contribution is 2.23. The highest BCUT2D eigenvalue weighted by atomic mass is 16.4. The van der Waals surface area contributed by atoms with Crippen molar-refractivity contribution in [1.82, 2.24) is 0 Å². The molecular weight excluding hydrogens is 140 g/mol. The Kier molecular flexibility index (Phi) is 3.58. The lowest BCUT2D eigenvalue weighted by atomic mass is 9.87. The van der Waals surface area contributed by atoms with E-state index in [1.165, 1.54) is 0 Å². The van der Waals surface area contributed by atoms with E-state index in [2.05, 4.69) is 6.58 Å². The topological polar surface area (TPSA) is 37.3 Å². The quantitative estimate of drug-likeness (QED) is 0.630. The number of carbonyl (C=O) groups is 1. The molecule has 0 radical (unpaired) electrons. The molecule has 0 heterocycles. The molecule has 0 aromatic carbocycles. The third-order valence-corrected chi connectivity index (χ3v) is 1.59. The van der Waals surface area contributed by atoms with E-state index in [0.29, 0.717) is 6.42 Å². The first-order valence-electron chi connectivity index (χ1n) is 3.55. The Bertz CT molecular complexity index is 182. The van der Waals surface area contributed by atoms with Crippen molar-refractivity contribution in [3.63, 3.8) is 0 Å². The molecule has 11 heavy (non-hydrogen) atoms. The average molecular weight is 154 g/mol. The Hall–Kier alpha value is -1.05. The summed E-state index contributed by atoms with van der Waals surface area (Å²) in [6, 6.07) is 0. The van der Waals surface area contributed by atoms with E-state index in [-0.39, 0.29) is 0 Å². The number of allylic oxidation sites excluding steroid dienone is 2. The molecule has 2 nitrogen and oxygen atoms in total. The van der Waals surface area contributed by atoms with Gasteiger partial charge in [-0.3, -0.25) is 4.79 Å². The van der Waals surface area contributed by atoms with Crippen LogP contribution in [0.4, 0.5) is 0 Å². The van der Waals surface area contributed by atoms with Crippen LogP contribution in [-0.2, 0) is 4.79 Å². The maximum Gasteiger partial charge on any atom is 0.313 e. The first-order chi connectivity index (χ1) is 5.06. The minimum atomic E-state index is -0.810. The fraction of sp³-hybridized carbons (Fsp3) is 0.444. The Morgan fingerprint density at radius 2 is 2.27 bits per heavy atom. The first-order valence-corrected chi connectivity index (χ1v) is 3.55. The van der Waals surface area contributed by atoms with Crippen LogP contribution in [0.2, 0.25) is 0 Å². The van der Waals surface area contributed by atoms with E-state index in [9.17, 15) is 4.79 Å². The number of aliphatic carboxylic acids is 1. The smallest absolute Gasteiger partial charge is 0.313 e. The predicted molar refractivity (Wildman–Crippen MR) is 45.4 cm³/mol. The van der Waals surface area contributed by atoms with Crippen molar-refractivity contribution in [3.05, 3.63) is 24.8 Å². The van der Waals surface area contributed by atoms with Gasteiger partial charge in [0.15, 0.2) is 0 Å². The highest BCUT2D eigenvalue weighted by Gasteiger charge is 2.27. The summed E-state index contributed by atoms with van der Waals surface area (Å²) in [7, 11) is 0. The minimum absolute atomic E-state index is 0.465. The third-order valence-electron chi connectivity index (χ3n) is 1.59. The molecule has 0 aliphatic heterocycles. The zero-order chi connectivity index (χ0) is 8.91. The second-order valence-electron chi connectivity index (χ2n) is 2.72. The van der Waals surface area contributed by atoms with E-state index in [4.69, 9.17) is 5.11 Å². The molecule has 0 saturated heterocycles. The lowest BCUT2D eigenvalue weighted by Crippen LogP contribution is -2.24. The molecule has 0 aromatic rings. The van der Waals surface area contributed by atoms with Crippen LogP contribution in [0.1, 0.15) is 20.3 Å². The molecule has 0 fully saturated rings. The van der Waals surface area contributed by atoms with Gasteiger partial charge in [-0.25, -0.2) is 0 Å². The van der Waals surface area contributed by atoms with E-state index in [1.54, 1.807) is 25.2 Å². The molecule has 0 aromatic heterocycles. The van der Waals surface area contributed by atoms with E-state index in [0.717, 1.165) is 0 Å². The molecule has 0 bridgehead atoms. The second kappa shape index (κ2) is 3.96. The van der Waals surface area contributed by atoms with Crippen molar-refractivity contribution >= 4 is 5.97 Å². The van der Waals surface area contributed by atoms with Crippen molar-refractivity contribution < 1.29 is 9.90 Å². The van der Waals surface area contributed by atoms with Gasteiger partial charge in [-0.15, -0.1) is 6.58 Å². The van der Waals surface area contributed by atoms with Gasteiger partial charge in [0, 0.05) is 0 Å². The van der Waals surface area contributed by atoms with Gasteiger partial charge in [0.25, 0.3) is 0 Å².